The number of fused-ring (bicyclic) bond motifs is 1. The van der Waals surface area contributed by atoms with Crippen molar-refractivity contribution in [2.75, 3.05) is 6.79 Å². The monoisotopic (exact) mass is 340 g/mol. The molecule has 8 heteroatoms. The first-order chi connectivity index (χ1) is 11.8. The number of benzene rings is 1. The molecule has 1 amide bonds. The second kappa shape index (κ2) is 6.25. The van der Waals surface area contributed by atoms with Crippen molar-refractivity contribution < 1.29 is 14.3 Å². The Balaban J connectivity index is 1.42. The van der Waals surface area contributed by atoms with Crippen LogP contribution >= 0.6 is 11.3 Å². The molecule has 24 heavy (non-hydrogen) atoms. The summed E-state index contributed by atoms with van der Waals surface area (Å²) in [4.78, 5) is 24.7. The maximum atomic E-state index is 12.2. The normalized spacial score (nSPS) is 12.2. The molecular formula is C16H12N4O3S. The Morgan fingerprint density at radius 3 is 3.04 bits per heavy atom. The Morgan fingerprint density at radius 1 is 1.25 bits per heavy atom. The maximum Gasteiger partial charge on any atom is 0.271 e. The molecule has 120 valence electrons. The number of amides is 1. The van der Waals surface area contributed by atoms with Gasteiger partial charge in [-0.1, -0.05) is 6.07 Å². The van der Waals surface area contributed by atoms with Crippen molar-refractivity contribution in [3.05, 3.63) is 53.4 Å². The molecule has 1 aliphatic heterocycles. The van der Waals surface area contributed by atoms with E-state index < -0.39 is 0 Å². The summed E-state index contributed by atoms with van der Waals surface area (Å²) in [6.45, 7) is 0.614. The summed E-state index contributed by atoms with van der Waals surface area (Å²) in [5.74, 6) is 1.18. The molecule has 0 unspecified atom stereocenters. The topological polar surface area (TPSA) is 86.2 Å². The number of nitrogens with zero attached hydrogens (tertiary/aromatic N) is 3. The fourth-order valence-electron chi connectivity index (χ4n) is 2.23. The molecule has 3 aromatic rings. The number of nitrogens with one attached hydrogen (secondary N) is 1. The minimum Gasteiger partial charge on any atom is -0.454 e. The van der Waals surface area contributed by atoms with E-state index in [1.165, 1.54) is 11.3 Å². The molecule has 0 saturated carbocycles. The molecule has 0 radical (unpaired) electrons. The first-order valence-electron chi connectivity index (χ1n) is 7.18. The Bertz CT molecular complexity index is 882. The second-order valence-electron chi connectivity index (χ2n) is 5.00. The molecule has 4 rings (SSSR count). The fourth-order valence-corrected chi connectivity index (χ4v) is 2.99. The predicted molar refractivity (Wildman–Crippen MR) is 86.9 cm³/mol. The lowest BCUT2D eigenvalue weighted by atomic mass is 10.2. The average Bonchev–Trinajstić information content (AvgIpc) is 3.29. The van der Waals surface area contributed by atoms with Crippen LogP contribution in [-0.2, 0) is 6.54 Å². The highest BCUT2D eigenvalue weighted by atomic mass is 32.1. The van der Waals surface area contributed by atoms with E-state index in [1.54, 1.807) is 24.0 Å². The number of aromatic nitrogens is 3. The molecule has 0 aliphatic carbocycles. The van der Waals surface area contributed by atoms with Crippen molar-refractivity contribution in [2.45, 2.75) is 6.54 Å². The average molecular weight is 340 g/mol. The van der Waals surface area contributed by atoms with Crippen LogP contribution in [0.5, 0.6) is 11.5 Å². The van der Waals surface area contributed by atoms with Gasteiger partial charge in [-0.05, 0) is 17.7 Å². The molecule has 0 bridgehead atoms. The van der Waals surface area contributed by atoms with Gasteiger partial charge in [0.25, 0.3) is 5.91 Å². The van der Waals surface area contributed by atoms with E-state index in [-0.39, 0.29) is 12.7 Å². The van der Waals surface area contributed by atoms with Crippen LogP contribution in [0.25, 0.3) is 10.7 Å². The number of hydrogen-bond donors (Lipinski definition) is 1. The minimum absolute atomic E-state index is 0.231. The highest BCUT2D eigenvalue weighted by Crippen LogP contribution is 2.32. The summed E-state index contributed by atoms with van der Waals surface area (Å²) in [7, 11) is 0. The number of carbonyl (C=O) groups excluding carboxylic acids is 1. The number of rotatable bonds is 4. The van der Waals surface area contributed by atoms with Crippen molar-refractivity contribution in [1.82, 2.24) is 20.3 Å². The minimum atomic E-state index is -0.237. The van der Waals surface area contributed by atoms with Crippen LogP contribution in [0.1, 0.15) is 16.1 Å². The van der Waals surface area contributed by atoms with Crippen molar-refractivity contribution in [2.24, 2.45) is 0 Å². The fraction of sp³-hybridized carbons (Fsp3) is 0.125. The van der Waals surface area contributed by atoms with Gasteiger partial charge in [0, 0.05) is 24.3 Å². The zero-order valence-electron chi connectivity index (χ0n) is 12.4. The lowest BCUT2D eigenvalue weighted by molar-refractivity contribution is 0.0946. The van der Waals surface area contributed by atoms with E-state index in [1.807, 2.05) is 18.2 Å². The third-order valence-electron chi connectivity index (χ3n) is 3.41. The van der Waals surface area contributed by atoms with Gasteiger partial charge in [-0.25, -0.2) is 4.98 Å². The van der Waals surface area contributed by atoms with Crippen LogP contribution in [0, 0.1) is 0 Å². The van der Waals surface area contributed by atoms with Gasteiger partial charge in [-0.2, -0.15) is 0 Å². The van der Waals surface area contributed by atoms with Gasteiger partial charge in [0.2, 0.25) is 6.79 Å². The van der Waals surface area contributed by atoms with Gasteiger partial charge in [0.15, 0.2) is 11.5 Å². The molecule has 0 saturated heterocycles. The molecule has 0 spiro atoms. The standard InChI is InChI=1S/C16H12N4O3S/c21-15(12-8-24-16(20-12)11-7-17-3-4-18-11)19-6-10-1-2-13-14(5-10)23-9-22-13/h1-5,7-8H,6,9H2,(H,19,21). The smallest absolute Gasteiger partial charge is 0.271 e. The van der Waals surface area contributed by atoms with Crippen LogP contribution < -0.4 is 14.8 Å². The quantitative estimate of drug-likeness (QED) is 0.784. The van der Waals surface area contributed by atoms with Crippen LogP contribution in [0.4, 0.5) is 0 Å². The molecule has 1 aliphatic rings. The Hall–Kier alpha value is -3.00. The summed E-state index contributed by atoms with van der Waals surface area (Å²) in [6, 6.07) is 5.58. The second-order valence-corrected chi connectivity index (χ2v) is 5.86. The van der Waals surface area contributed by atoms with Crippen LogP contribution in [-0.4, -0.2) is 27.7 Å². The SMILES string of the molecule is O=C(NCc1ccc2c(c1)OCO2)c1csc(-c2cnccn2)n1. The first-order valence-corrected chi connectivity index (χ1v) is 8.06. The van der Waals surface area contributed by atoms with Crippen LogP contribution in [0.15, 0.2) is 42.2 Å². The number of carbonyl (C=O) groups is 1. The summed E-state index contributed by atoms with van der Waals surface area (Å²) >= 11 is 1.36. The largest absolute Gasteiger partial charge is 0.454 e. The van der Waals surface area contributed by atoms with E-state index in [0.29, 0.717) is 28.7 Å². The third-order valence-corrected chi connectivity index (χ3v) is 4.27. The summed E-state index contributed by atoms with van der Waals surface area (Å²) in [5.41, 5.74) is 1.94. The third kappa shape index (κ3) is 2.91. The van der Waals surface area contributed by atoms with Crippen molar-refractivity contribution in [1.29, 1.82) is 0 Å². The Morgan fingerprint density at radius 2 is 2.17 bits per heavy atom. The summed E-state index contributed by atoms with van der Waals surface area (Å²) in [5, 5.41) is 5.21. The molecule has 3 heterocycles. The van der Waals surface area contributed by atoms with E-state index in [4.69, 9.17) is 9.47 Å². The van der Waals surface area contributed by atoms with Crippen molar-refractivity contribution >= 4 is 17.2 Å². The van der Waals surface area contributed by atoms with E-state index in [0.717, 1.165) is 11.3 Å². The predicted octanol–water partition coefficient (Wildman–Crippen LogP) is 2.26. The molecule has 7 nitrogen and oxygen atoms in total. The first kappa shape index (κ1) is 14.6. The number of hydrogen-bond acceptors (Lipinski definition) is 7. The molecule has 1 aromatic carbocycles. The summed E-state index contributed by atoms with van der Waals surface area (Å²) < 4.78 is 10.6. The zero-order chi connectivity index (χ0) is 16.4. The molecule has 0 fully saturated rings. The van der Waals surface area contributed by atoms with Gasteiger partial charge in [0.05, 0.1) is 6.20 Å². The number of thiazole rings is 1. The zero-order valence-corrected chi connectivity index (χ0v) is 13.2. The van der Waals surface area contributed by atoms with E-state index >= 15 is 0 Å². The van der Waals surface area contributed by atoms with Gasteiger partial charge in [-0.3, -0.25) is 14.8 Å². The highest BCUT2D eigenvalue weighted by Gasteiger charge is 2.15. The maximum absolute atomic E-state index is 12.2. The van der Waals surface area contributed by atoms with Gasteiger partial charge in [-0.15, -0.1) is 11.3 Å². The van der Waals surface area contributed by atoms with Crippen LogP contribution in [0.2, 0.25) is 0 Å². The van der Waals surface area contributed by atoms with Crippen LogP contribution in [0.3, 0.4) is 0 Å². The lowest BCUT2D eigenvalue weighted by Crippen LogP contribution is -2.23. The van der Waals surface area contributed by atoms with Gasteiger partial charge >= 0.3 is 0 Å². The van der Waals surface area contributed by atoms with Gasteiger partial charge < -0.3 is 14.8 Å². The van der Waals surface area contributed by atoms with E-state index in [2.05, 4.69) is 20.3 Å². The number of ether oxygens (including phenoxy) is 2. The molecular weight excluding hydrogens is 328 g/mol. The molecule has 2 aromatic heterocycles. The Labute approximate surface area is 141 Å². The van der Waals surface area contributed by atoms with E-state index in [9.17, 15) is 4.79 Å². The van der Waals surface area contributed by atoms with Gasteiger partial charge in [0.1, 0.15) is 16.4 Å². The van der Waals surface area contributed by atoms with Crippen molar-refractivity contribution in [3.63, 3.8) is 0 Å². The van der Waals surface area contributed by atoms with Crippen molar-refractivity contribution in [3.8, 4) is 22.2 Å². The highest BCUT2D eigenvalue weighted by molar-refractivity contribution is 7.13. The molecule has 0 atom stereocenters. The molecule has 1 N–H and O–H groups in total. The summed E-state index contributed by atoms with van der Waals surface area (Å²) in [6.07, 6.45) is 4.80. The lowest BCUT2D eigenvalue weighted by Gasteiger charge is -2.04. The Kier molecular flexibility index (Phi) is 3.80.